The lowest BCUT2D eigenvalue weighted by Crippen LogP contribution is -2.44. The molecule has 1 aromatic carbocycles. The molecule has 2 N–H and O–H groups in total. The maximum absolute atomic E-state index is 11.5. The summed E-state index contributed by atoms with van der Waals surface area (Å²) in [5.41, 5.74) is 2.52. The van der Waals surface area contributed by atoms with Gasteiger partial charge in [0, 0.05) is 19.1 Å². The van der Waals surface area contributed by atoms with Crippen molar-refractivity contribution in [1.29, 1.82) is 0 Å². The van der Waals surface area contributed by atoms with Crippen molar-refractivity contribution in [3.8, 4) is 0 Å². The number of rotatable bonds is 5. The molecule has 122 valence electrons. The number of nitrogens with one attached hydrogen (secondary N) is 2. The van der Waals surface area contributed by atoms with Crippen LogP contribution in [0.1, 0.15) is 24.5 Å². The zero-order valence-electron chi connectivity index (χ0n) is 13.3. The van der Waals surface area contributed by atoms with Crippen molar-refractivity contribution in [2.75, 3.05) is 24.6 Å². The maximum atomic E-state index is 11.5. The van der Waals surface area contributed by atoms with Crippen molar-refractivity contribution >= 4 is 15.8 Å². The Morgan fingerprint density at radius 2 is 2.23 bits per heavy atom. The lowest BCUT2D eigenvalue weighted by molar-refractivity contribution is 0.599. The molecule has 0 radical (unpaired) electrons. The normalized spacial score (nSPS) is 20.8. The molecule has 0 amide bonds. The van der Waals surface area contributed by atoms with Gasteiger partial charge in [0.05, 0.1) is 11.5 Å². The molecule has 1 atom stereocenters. The second-order valence-electron chi connectivity index (χ2n) is 5.74. The number of sulfone groups is 1. The summed E-state index contributed by atoms with van der Waals surface area (Å²) in [4.78, 5) is 4.55. The monoisotopic (exact) mass is 323 g/mol. The highest BCUT2D eigenvalue weighted by Crippen LogP contribution is 2.11. The maximum Gasteiger partial charge on any atom is 0.191 e. The van der Waals surface area contributed by atoms with Gasteiger partial charge in [0.2, 0.25) is 0 Å². The molecule has 6 heteroatoms. The van der Waals surface area contributed by atoms with Gasteiger partial charge in [-0.2, -0.15) is 0 Å². The van der Waals surface area contributed by atoms with Gasteiger partial charge >= 0.3 is 0 Å². The van der Waals surface area contributed by atoms with Crippen LogP contribution in [0.4, 0.5) is 0 Å². The van der Waals surface area contributed by atoms with Crippen molar-refractivity contribution in [3.05, 3.63) is 35.4 Å². The molecule has 5 nitrogen and oxygen atoms in total. The van der Waals surface area contributed by atoms with Crippen molar-refractivity contribution in [2.45, 2.75) is 32.7 Å². The van der Waals surface area contributed by atoms with Crippen molar-refractivity contribution in [1.82, 2.24) is 10.6 Å². The van der Waals surface area contributed by atoms with Crippen molar-refractivity contribution < 1.29 is 8.42 Å². The van der Waals surface area contributed by atoms with Gasteiger partial charge in [-0.1, -0.05) is 29.8 Å². The van der Waals surface area contributed by atoms with Crippen LogP contribution in [0.3, 0.4) is 0 Å². The summed E-state index contributed by atoms with van der Waals surface area (Å²) in [6.07, 6.45) is 1.53. The second kappa shape index (κ2) is 7.63. The van der Waals surface area contributed by atoms with Crippen LogP contribution in [0.2, 0.25) is 0 Å². The Labute approximate surface area is 133 Å². The minimum absolute atomic E-state index is 0.0261. The molecule has 1 heterocycles. The smallest absolute Gasteiger partial charge is 0.191 e. The highest BCUT2D eigenvalue weighted by atomic mass is 32.2. The average molecular weight is 323 g/mol. The molecular formula is C16H25N3O2S. The first-order valence-corrected chi connectivity index (χ1v) is 9.61. The highest BCUT2D eigenvalue weighted by Gasteiger charge is 2.28. The number of benzene rings is 1. The highest BCUT2D eigenvalue weighted by molar-refractivity contribution is 7.91. The summed E-state index contributed by atoms with van der Waals surface area (Å²) >= 11 is 0. The molecule has 1 aromatic rings. The third-order valence-corrected chi connectivity index (χ3v) is 5.44. The number of nitrogens with zero attached hydrogens (tertiary/aromatic N) is 1. The SMILES string of the molecule is CCNC(=NCCc1cccc(C)c1)NC1CCS(=O)(=O)C1. The summed E-state index contributed by atoms with van der Waals surface area (Å²) in [7, 11) is -2.87. The minimum atomic E-state index is -2.87. The second-order valence-corrected chi connectivity index (χ2v) is 7.97. The van der Waals surface area contributed by atoms with Crippen LogP contribution in [-0.4, -0.2) is 45.0 Å². The van der Waals surface area contributed by atoms with E-state index in [1.165, 1.54) is 11.1 Å². The molecule has 0 spiro atoms. The molecule has 1 fully saturated rings. The first-order chi connectivity index (χ1) is 10.5. The fourth-order valence-corrected chi connectivity index (χ4v) is 4.26. The minimum Gasteiger partial charge on any atom is -0.357 e. The number of aryl methyl sites for hydroxylation is 1. The summed E-state index contributed by atoms with van der Waals surface area (Å²) < 4.78 is 23.0. The number of hydrogen-bond donors (Lipinski definition) is 2. The standard InChI is InChI=1S/C16H25N3O2S/c1-3-17-16(19-15-8-10-22(20,21)12-15)18-9-7-14-6-4-5-13(2)11-14/h4-6,11,15H,3,7-10,12H2,1-2H3,(H2,17,18,19). The van der Waals surface area contributed by atoms with E-state index in [0.29, 0.717) is 18.9 Å². The van der Waals surface area contributed by atoms with Crippen LogP contribution in [0, 0.1) is 6.92 Å². The van der Waals surface area contributed by atoms with Crippen LogP contribution < -0.4 is 10.6 Å². The first kappa shape index (κ1) is 16.8. The Kier molecular flexibility index (Phi) is 5.83. The van der Waals surface area contributed by atoms with Crippen LogP contribution in [0.25, 0.3) is 0 Å². The van der Waals surface area contributed by atoms with Crippen LogP contribution in [-0.2, 0) is 16.3 Å². The Balaban J connectivity index is 1.90. The van der Waals surface area contributed by atoms with Gasteiger partial charge in [0.15, 0.2) is 15.8 Å². The quantitative estimate of drug-likeness (QED) is 0.632. The first-order valence-electron chi connectivity index (χ1n) is 7.79. The molecule has 1 saturated heterocycles. The van der Waals surface area contributed by atoms with E-state index in [4.69, 9.17) is 0 Å². The van der Waals surface area contributed by atoms with E-state index < -0.39 is 9.84 Å². The lowest BCUT2D eigenvalue weighted by Gasteiger charge is -2.15. The third-order valence-electron chi connectivity index (χ3n) is 3.67. The molecule has 0 aromatic heterocycles. The zero-order valence-corrected chi connectivity index (χ0v) is 14.1. The number of aliphatic imine (C=N–C) groups is 1. The van der Waals surface area contributed by atoms with Gasteiger partial charge in [0.25, 0.3) is 0 Å². The number of hydrogen-bond acceptors (Lipinski definition) is 3. The fraction of sp³-hybridized carbons (Fsp3) is 0.562. The molecule has 1 aliphatic heterocycles. The third kappa shape index (κ3) is 5.33. The predicted octanol–water partition coefficient (Wildman–Crippen LogP) is 1.28. The number of guanidine groups is 1. The van der Waals surface area contributed by atoms with Gasteiger partial charge in [-0.25, -0.2) is 8.42 Å². The average Bonchev–Trinajstić information content (AvgIpc) is 2.78. The van der Waals surface area contributed by atoms with Crippen molar-refractivity contribution in [3.63, 3.8) is 0 Å². The van der Waals surface area contributed by atoms with Gasteiger partial charge in [-0.05, 0) is 32.3 Å². The van der Waals surface area contributed by atoms with Gasteiger partial charge < -0.3 is 10.6 Å². The molecule has 1 unspecified atom stereocenters. The van der Waals surface area contributed by atoms with E-state index in [1.807, 2.05) is 6.92 Å². The zero-order chi connectivity index (χ0) is 16.0. The lowest BCUT2D eigenvalue weighted by atomic mass is 10.1. The molecular weight excluding hydrogens is 298 g/mol. The summed E-state index contributed by atoms with van der Waals surface area (Å²) in [5, 5.41) is 6.41. The van der Waals surface area contributed by atoms with Crippen LogP contribution in [0.5, 0.6) is 0 Å². The van der Waals surface area contributed by atoms with Gasteiger partial charge in [-0.3, -0.25) is 4.99 Å². The largest absolute Gasteiger partial charge is 0.357 e. The molecule has 0 bridgehead atoms. The van der Waals surface area contributed by atoms with E-state index in [2.05, 4.69) is 46.8 Å². The van der Waals surface area contributed by atoms with E-state index in [0.717, 1.165) is 13.0 Å². The topological polar surface area (TPSA) is 70.6 Å². The Morgan fingerprint density at radius 3 is 2.86 bits per heavy atom. The molecule has 22 heavy (non-hydrogen) atoms. The molecule has 2 rings (SSSR count). The summed E-state index contributed by atoms with van der Waals surface area (Å²) in [6.45, 7) is 5.52. The van der Waals surface area contributed by atoms with E-state index in [9.17, 15) is 8.42 Å². The van der Waals surface area contributed by atoms with Gasteiger partial charge in [0.1, 0.15) is 0 Å². The molecule has 0 aliphatic carbocycles. The van der Waals surface area contributed by atoms with Crippen LogP contribution >= 0.6 is 0 Å². The van der Waals surface area contributed by atoms with E-state index in [-0.39, 0.29) is 17.5 Å². The fourth-order valence-electron chi connectivity index (χ4n) is 2.59. The van der Waals surface area contributed by atoms with E-state index >= 15 is 0 Å². The molecule has 0 saturated carbocycles. The molecule has 1 aliphatic rings. The Hall–Kier alpha value is -1.56. The Bertz CT molecular complexity index is 626. The summed E-state index contributed by atoms with van der Waals surface area (Å²) in [6, 6.07) is 8.38. The predicted molar refractivity (Wildman–Crippen MR) is 91.1 cm³/mol. The Morgan fingerprint density at radius 1 is 1.41 bits per heavy atom. The van der Waals surface area contributed by atoms with Crippen LogP contribution in [0.15, 0.2) is 29.3 Å². The van der Waals surface area contributed by atoms with Crippen molar-refractivity contribution in [2.24, 2.45) is 4.99 Å². The summed E-state index contributed by atoms with van der Waals surface area (Å²) in [5.74, 6) is 1.18. The van der Waals surface area contributed by atoms with E-state index in [1.54, 1.807) is 0 Å². The van der Waals surface area contributed by atoms with Gasteiger partial charge in [-0.15, -0.1) is 0 Å².